The Morgan fingerprint density at radius 1 is 1.19 bits per heavy atom. The van der Waals surface area contributed by atoms with Crippen LogP contribution in [0.1, 0.15) is 72.6 Å². The molecule has 13 heteroatoms. The minimum Gasteiger partial charge on any atom is -0.444 e. The van der Waals surface area contributed by atoms with Crippen LogP contribution >= 0.6 is 23.2 Å². The molecule has 1 saturated heterocycles. The Bertz CT molecular complexity index is 1510. The summed E-state index contributed by atoms with van der Waals surface area (Å²) in [7, 11) is -1.07. The van der Waals surface area contributed by atoms with Gasteiger partial charge < -0.3 is 25.3 Å². The molecule has 3 amide bonds. The van der Waals surface area contributed by atoms with Crippen LogP contribution in [0.15, 0.2) is 36.4 Å². The molecule has 1 fully saturated rings. The van der Waals surface area contributed by atoms with Crippen molar-refractivity contribution >= 4 is 62.9 Å². The summed E-state index contributed by atoms with van der Waals surface area (Å²) in [6.45, 7) is 6.14. The van der Waals surface area contributed by atoms with E-state index in [9.17, 15) is 18.6 Å². The van der Waals surface area contributed by atoms with Crippen molar-refractivity contribution in [1.29, 1.82) is 0 Å². The average Bonchev–Trinajstić information content (AvgIpc) is 3.55. The first-order valence-electron chi connectivity index (χ1n) is 13.6. The molecule has 3 aromatic rings. The van der Waals surface area contributed by atoms with Crippen molar-refractivity contribution in [2.75, 3.05) is 25.1 Å². The number of carbonyl (C=O) groups is 3. The van der Waals surface area contributed by atoms with Crippen LogP contribution in [0, 0.1) is 0 Å². The number of ether oxygens (including phenoxy) is 1. The number of hydrogen-bond donors (Lipinski definition) is 3. The summed E-state index contributed by atoms with van der Waals surface area (Å²) >= 11 is 12.6. The molecule has 1 unspecified atom stereocenters. The highest BCUT2D eigenvalue weighted by molar-refractivity contribution is 7.84. The largest absolute Gasteiger partial charge is 0.444 e. The summed E-state index contributed by atoms with van der Waals surface area (Å²) in [5.41, 5.74) is 1.33. The van der Waals surface area contributed by atoms with Crippen LogP contribution in [-0.2, 0) is 15.5 Å². The summed E-state index contributed by atoms with van der Waals surface area (Å²) in [6, 6.07) is 9.06. The fourth-order valence-electron chi connectivity index (χ4n) is 4.78. The number of aromatic amines is 1. The second kappa shape index (κ2) is 13.4. The van der Waals surface area contributed by atoms with Gasteiger partial charge in [-0.2, -0.15) is 0 Å². The van der Waals surface area contributed by atoms with E-state index in [-0.39, 0.29) is 34.6 Å². The molecule has 0 radical (unpaired) electrons. The Morgan fingerprint density at radius 3 is 2.64 bits per heavy atom. The van der Waals surface area contributed by atoms with Crippen LogP contribution in [0.2, 0.25) is 10.0 Å². The number of nitrogens with zero attached hydrogens (tertiary/aromatic N) is 2. The molecule has 3 N–H and O–H groups in total. The van der Waals surface area contributed by atoms with Gasteiger partial charge in [-0.3, -0.25) is 13.8 Å². The van der Waals surface area contributed by atoms with Crippen LogP contribution < -0.4 is 10.6 Å². The summed E-state index contributed by atoms with van der Waals surface area (Å²) in [5.74, 6) is 0.187. The quantitative estimate of drug-likeness (QED) is 0.294. The first kappa shape index (κ1) is 31.8. The topological polar surface area (TPSA) is 133 Å². The van der Waals surface area contributed by atoms with Crippen molar-refractivity contribution < 1.29 is 23.3 Å². The maximum absolute atomic E-state index is 13.4. The van der Waals surface area contributed by atoms with Crippen LogP contribution in [0.4, 0.5) is 4.79 Å². The van der Waals surface area contributed by atoms with Gasteiger partial charge in [0, 0.05) is 52.5 Å². The van der Waals surface area contributed by atoms with Gasteiger partial charge in [0.25, 0.3) is 11.8 Å². The number of imidazole rings is 1. The van der Waals surface area contributed by atoms with Crippen molar-refractivity contribution in [3.05, 3.63) is 63.4 Å². The first-order valence-corrected chi connectivity index (χ1v) is 16.1. The molecule has 226 valence electrons. The van der Waals surface area contributed by atoms with Gasteiger partial charge in [-0.25, -0.2) is 9.78 Å². The molecule has 42 heavy (non-hydrogen) atoms. The van der Waals surface area contributed by atoms with Crippen LogP contribution in [0.25, 0.3) is 11.0 Å². The van der Waals surface area contributed by atoms with Gasteiger partial charge in [0.2, 0.25) is 0 Å². The molecule has 10 nitrogen and oxygen atoms in total. The molecule has 0 saturated carbocycles. The van der Waals surface area contributed by atoms with Gasteiger partial charge in [0.05, 0.1) is 27.7 Å². The molecular weight excluding hydrogens is 601 g/mol. The minimum absolute atomic E-state index is 0.142. The van der Waals surface area contributed by atoms with Gasteiger partial charge in [-0.15, -0.1) is 0 Å². The van der Waals surface area contributed by atoms with Gasteiger partial charge >= 0.3 is 6.09 Å². The fourth-order valence-corrected chi connectivity index (χ4v) is 5.79. The maximum Gasteiger partial charge on any atom is 0.407 e. The molecule has 2 heterocycles. The van der Waals surface area contributed by atoms with Crippen LogP contribution in [0.5, 0.6) is 0 Å². The SMILES string of the molecule is CS(=O)CC[C@H](NC(=O)c1ccc(C(=O)N2CCC[C@H]2CNC(=O)OC(C)(C)C)c(Cl)c1)c1nc2ccc(Cl)cc2[nH]1. The lowest BCUT2D eigenvalue weighted by molar-refractivity contribution is 0.0501. The molecule has 1 aromatic heterocycles. The van der Waals surface area contributed by atoms with Crippen molar-refractivity contribution in [2.24, 2.45) is 0 Å². The zero-order valence-electron chi connectivity index (χ0n) is 24.0. The molecule has 2 aromatic carbocycles. The zero-order chi connectivity index (χ0) is 30.6. The second-order valence-electron chi connectivity index (χ2n) is 11.2. The second-order valence-corrected chi connectivity index (χ2v) is 13.6. The molecule has 4 rings (SSSR count). The number of amides is 3. The van der Waals surface area contributed by atoms with E-state index in [4.69, 9.17) is 27.9 Å². The molecule has 0 spiro atoms. The number of aromatic nitrogens is 2. The average molecular weight is 637 g/mol. The van der Waals surface area contributed by atoms with E-state index in [2.05, 4.69) is 20.6 Å². The number of H-pyrrole nitrogens is 1. The maximum atomic E-state index is 13.4. The number of fused-ring (bicyclic) bond motifs is 1. The van der Waals surface area contributed by atoms with E-state index >= 15 is 0 Å². The Morgan fingerprint density at radius 2 is 1.95 bits per heavy atom. The highest BCUT2D eigenvalue weighted by Gasteiger charge is 2.31. The lowest BCUT2D eigenvalue weighted by Gasteiger charge is -2.26. The smallest absolute Gasteiger partial charge is 0.407 e. The third kappa shape index (κ3) is 8.23. The normalized spacial score (nSPS) is 16.7. The van der Waals surface area contributed by atoms with E-state index in [0.717, 1.165) is 18.4 Å². The Labute approximate surface area is 257 Å². The predicted octanol–water partition coefficient (Wildman–Crippen LogP) is 5.24. The predicted molar refractivity (Wildman–Crippen MR) is 165 cm³/mol. The van der Waals surface area contributed by atoms with E-state index in [1.54, 1.807) is 56.2 Å². The molecule has 1 aliphatic heterocycles. The van der Waals surface area contributed by atoms with Gasteiger partial charge in [0.15, 0.2) is 0 Å². The number of carbonyl (C=O) groups excluding carboxylic acids is 3. The van der Waals surface area contributed by atoms with E-state index < -0.39 is 34.4 Å². The Hall–Kier alpha value is -3.15. The van der Waals surface area contributed by atoms with Crippen LogP contribution in [0.3, 0.4) is 0 Å². The molecule has 1 aliphatic rings. The van der Waals surface area contributed by atoms with Crippen molar-refractivity contribution in [1.82, 2.24) is 25.5 Å². The number of benzene rings is 2. The standard InChI is InChI=1S/C29H35Cl2N5O5S/c1-29(2,3)41-28(39)32-16-19-6-5-12-36(19)27(38)20-9-7-17(14-21(20)31)26(37)35-23(11-13-42(4)40)25-33-22-10-8-18(30)15-24(22)34-25/h7-10,14-15,19,23H,5-6,11-13,16H2,1-4H3,(H,32,39)(H,33,34)(H,35,37)/t19-,23-,42?/m0/s1. The molecule has 0 aliphatic carbocycles. The molecule has 0 bridgehead atoms. The fraction of sp³-hybridized carbons (Fsp3) is 0.448. The van der Waals surface area contributed by atoms with E-state index in [1.165, 1.54) is 12.1 Å². The molecule has 3 atom stereocenters. The Balaban J connectivity index is 1.46. The number of halogens is 2. The third-order valence-electron chi connectivity index (χ3n) is 6.77. The summed E-state index contributed by atoms with van der Waals surface area (Å²) in [5, 5.41) is 6.39. The van der Waals surface area contributed by atoms with E-state index in [0.29, 0.717) is 35.1 Å². The molecular formula is C29H35Cl2N5O5S. The summed E-state index contributed by atoms with van der Waals surface area (Å²) in [6.07, 6.45) is 2.98. The lowest BCUT2D eigenvalue weighted by Crippen LogP contribution is -2.44. The number of rotatable bonds is 9. The Kier molecular flexibility index (Phi) is 10.2. The summed E-state index contributed by atoms with van der Waals surface area (Å²) in [4.78, 5) is 48.2. The number of alkyl carbamates (subject to hydrolysis) is 1. The van der Waals surface area contributed by atoms with Gasteiger partial charge in [-0.1, -0.05) is 23.2 Å². The van der Waals surface area contributed by atoms with E-state index in [1.807, 2.05) is 0 Å². The third-order valence-corrected chi connectivity index (χ3v) is 8.13. The van der Waals surface area contributed by atoms with Crippen molar-refractivity contribution in [3.63, 3.8) is 0 Å². The number of hydrogen-bond acceptors (Lipinski definition) is 6. The first-order chi connectivity index (χ1) is 19.8. The van der Waals surface area contributed by atoms with Gasteiger partial charge in [-0.05, 0) is 76.4 Å². The highest BCUT2D eigenvalue weighted by atomic mass is 35.5. The van der Waals surface area contributed by atoms with Crippen molar-refractivity contribution in [3.8, 4) is 0 Å². The van der Waals surface area contributed by atoms with Gasteiger partial charge in [0.1, 0.15) is 11.4 Å². The minimum atomic E-state index is -1.07. The van der Waals surface area contributed by atoms with Crippen molar-refractivity contribution in [2.45, 2.75) is 57.7 Å². The number of nitrogens with one attached hydrogen (secondary N) is 3. The lowest BCUT2D eigenvalue weighted by atomic mass is 10.1. The summed E-state index contributed by atoms with van der Waals surface area (Å²) < 4.78 is 17.1. The highest BCUT2D eigenvalue weighted by Crippen LogP contribution is 2.26. The monoisotopic (exact) mass is 635 g/mol. The zero-order valence-corrected chi connectivity index (χ0v) is 26.3. The van der Waals surface area contributed by atoms with Crippen LogP contribution in [-0.4, -0.2) is 73.7 Å². The number of likely N-dealkylation sites (tertiary alicyclic amines) is 1.